The number of fused-ring (bicyclic) bond motifs is 1. The molecule has 1 aliphatic heterocycles. The third-order valence-electron chi connectivity index (χ3n) is 4.89. The Hall–Kier alpha value is -2.99. The molecular formula is C23H24AsN2O6. The van der Waals surface area contributed by atoms with E-state index in [4.69, 9.17) is 9.47 Å². The van der Waals surface area contributed by atoms with Gasteiger partial charge in [0.2, 0.25) is 0 Å². The van der Waals surface area contributed by atoms with Crippen LogP contribution in [-0.4, -0.2) is 66.7 Å². The molecule has 2 aromatic rings. The van der Waals surface area contributed by atoms with Crippen LogP contribution in [0.15, 0.2) is 42.6 Å². The van der Waals surface area contributed by atoms with E-state index >= 15 is 0 Å². The van der Waals surface area contributed by atoms with Crippen molar-refractivity contribution in [2.24, 2.45) is 0 Å². The van der Waals surface area contributed by atoms with Crippen LogP contribution in [0.3, 0.4) is 0 Å². The molecule has 2 heterocycles. The molecule has 8 nitrogen and oxygen atoms in total. The van der Waals surface area contributed by atoms with Crippen LogP contribution in [0.25, 0.3) is 0 Å². The molecule has 0 spiro atoms. The van der Waals surface area contributed by atoms with E-state index in [-0.39, 0.29) is 36.0 Å². The van der Waals surface area contributed by atoms with Crippen molar-refractivity contribution in [3.63, 3.8) is 0 Å². The summed E-state index contributed by atoms with van der Waals surface area (Å²) in [6.07, 6.45) is 1.66. The van der Waals surface area contributed by atoms with Crippen LogP contribution in [0.4, 0.5) is 0 Å². The molecule has 1 aliphatic rings. The van der Waals surface area contributed by atoms with Crippen molar-refractivity contribution < 1.29 is 28.7 Å². The SMILES string of the molecule is CCOC(=O)COc1cccnc1C[As]C(=O)CC(C)(C)N1C(=O)c2ccccc2C1=O. The summed E-state index contributed by atoms with van der Waals surface area (Å²) in [5, 5.41) is 0.395. The number of esters is 1. The van der Waals surface area contributed by atoms with Gasteiger partial charge in [0, 0.05) is 0 Å². The molecule has 0 saturated carbocycles. The van der Waals surface area contributed by atoms with Gasteiger partial charge in [-0.2, -0.15) is 0 Å². The van der Waals surface area contributed by atoms with Gasteiger partial charge in [-0.05, 0) is 0 Å². The van der Waals surface area contributed by atoms with Gasteiger partial charge in [0.15, 0.2) is 0 Å². The van der Waals surface area contributed by atoms with Crippen LogP contribution in [0.5, 0.6) is 5.75 Å². The third-order valence-corrected chi connectivity index (χ3v) is 6.92. The molecule has 0 bridgehead atoms. The summed E-state index contributed by atoms with van der Waals surface area (Å²) in [5.74, 6) is -0.796. The van der Waals surface area contributed by atoms with Gasteiger partial charge in [0.25, 0.3) is 0 Å². The fraction of sp³-hybridized carbons (Fsp3) is 0.348. The Kier molecular flexibility index (Phi) is 7.46. The van der Waals surface area contributed by atoms with Crippen molar-refractivity contribution in [2.45, 2.75) is 37.9 Å². The minimum absolute atomic E-state index is 0.0233. The molecule has 0 aliphatic carbocycles. The first-order valence-electron chi connectivity index (χ1n) is 10.1. The molecule has 167 valence electrons. The number of aromatic nitrogens is 1. The average molecular weight is 499 g/mol. The van der Waals surface area contributed by atoms with Crippen LogP contribution < -0.4 is 4.74 Å². The van der Waals surface area contributed by atoms with E-state index in [0.29, 0.717) is 27.8 Å². The summed E-state index contributed by atoms with van der Waals surface area (Å²) in [6.45, 7) is 5.20. The Bertz CT molecular complexity index is 1020. The molecule has 32 heavy (non-hydrogen) atoms. The number of imide groups is 1. The summed E-state index contributed by atoms with van der Waals surface area (Å²) >= 11 is -0.817. The monoisotopic (exact) mass is 499 g/mol. The zero-order chi connectivity index (χ0) is 23.3. The number of nitrogens with zero attached hydrogens (tertiary/aromatic N) is 2. The maximum absolute atomic E-state index is 12.8. The molecule has 9 heteroatoms. The summed E-state index contributed by atoms with van der Waals surface area (Å²) in [4.78, 5) is 55.3. The van der Waals surface area contributed by atoms with Gasteiger partial charge in [0.05, 0.1) is 0 Å². The Morgan fingerprint density at radius 1 is 1.06 bits per heavy atom. The third kappa shape index (κ3) is 5.25. The molecule has 0 unspecified atom stereocenters. The van der Waals surface area contributed by atoms with Crippen LogP contribution in [0, 0.1) is 0 Å². The average Bonchev–Trinajstić information content (AvgIpc) is 3.02. The van der Waals surface area contributed by atoms with E-state index in [1.807, 2.05) is 0 Å². The second-order valence-electron chi connectivity index (χ2n) is 7.73. The molecule has 3 rings (SSSR count). The molecular weight excluding hydrogens is 475 g/mol. The number of carbonyl (C=O) groups is 4. The number of amides is 2. The van der Waals surface area contributed by atoms with Gasteiger partial charge in [-0.3, -0.25) is 0 Å². The topological polar surface area (TPSA) is 103 Å². The quantitative estimate of drug-likeness (QED) is 0.281. The van der Waals surface area contributed by atoms with E-state index in [1.165, 1.54) is 4.90 Å². The number of benzene rings is 1. The summed E-state index contributed by atoms with van der Waals surface area (Å²) in [7, 11) is 0. The Balaban J connectivity index is 1.61. The van der Waals surface area contributed by atoms with Crippen molar-refractivity contribution in [2.75, 3.05) is 13.2 Å². The number of hydrogen-bond acceptors (Lipinski definition) is 7. The first-order valence-corrected chi connectivity index (χ1v) is 12.4. The summed E-state index contributed by atoms with van der Waals surface area (Å²) in [5.41, 5.74) is 0.364. The molecule has 1 aromatic heterocycles. The molecule has 0 atom stereocenters. The Morgan fingerprint density at radius 2 is 1.72 bits per heavy atom. The van der Waals surface area contributed by atoms with Crippen molar-refractivity contribution in [3.8, 4) is 5.75 Å². The molecule has 0 saturated heterocycles. The van der Waals surface area contributed by atoms with E-state index in [2.05, 4.69) is 4.98 Å². The number of rotatable bonds is 10. The predicted octanol–water partition coefficient (Wildman–Crippen LogP) is 2.22. The van der Waals surface area contributed by atoms with Crippen LogP contribution in [-0.2, 0) is 19.5 Å². The van der Waals surface area contributed by atoms with Crippen molar-refractivity contribution in [3.05, 3.63) is 59.4 Å². The molecule has 0 fully saturated rings. The Labute approximate surface area is 193 Å². The van der Waals surface area contributed by atoms with Gasteiger partial charge in [-0.15, -0.1) is 0 Å². The normalized spacial score (nSPS) is 13.5. The Morgan fingerprint density at radius 3 is 2.34 bits per heavy atom. The van der Waals surface area contributed by atoms with Crippen molar-refractivity contribution in [1.29, 1.82) is 0 Å². The van der Waals surface area contributed by atoms with Gasteiger partial charge in [-0.25, -0.2) is 0 Å². The summed E-state index contributed by atoms with van der Waals surface area (Å²) < 4.78 is 10.3. The number of carbonyl (C=O) groups excluding carboxylic acids is 4. The number of hydrogen-bond donors (Lipinski definition) is 0. The minimum atomic E-state index is -0.951. The zero-order valence-electron chi connectivity index (χ0n) is 18.2. The van der Waals surface area contributed by atoms with Crippen LogP contribution >= 0.6 is 0 Å². The zero-order valence-corrected chi connectivity index (χ0v) is 20.0. The number of pyridine rings is 1. The molecule has 1 radical (unpaired) electrons. The van der Waals surface area contributed by atoms with Crippen molar-refractivity contribution >= 4 is 38.1 Å². The van der Waals surface area contributed by atoms with Crippen LogP contribution in [0.1, 0.15) is 53.6 Å². The van der Waals surface area contributed by atoms with Gasteiger partial charge in [0.1, 0.15) is 0 Å². The fourth-order valence-electron chi connectivity index (χ4n) is 3.42. The van der Waals surface area contributed by atoms with Gasteiger partial charge in [-0.1, -0.05) is 0 Å². The maximum atomic E-state index is 12.8. The summed E-state index contributed by atoms with van der Waals surface area (Å²) in [6, 6.07) is 10.1. The number of ether oxygens (including phenoxy) is 2. The first kappa shape index (κ1) is 23.7. The molecule has 2 amide bonds. The standard InChI is InChI=1S/C23H24AsN2O6/c1-4-31-20(28)14-32-18-10-7-11-25-17(18)13-24-19(27)12-23(2,3)26-21(29)15-8-5-6-9-16(15)22(26)30/h5-11H,4,12-14H2,1-3H3. The van der Waals surface area contributed by atoms with Gasteiger partial charge >= 0.3 is 193 Å². The van der Waals surface area contributed by atoms with E-state index in [9.17, 15) is 19.2 Å². The van der Waals surface area contributed by atoms with E-state index in [0.717, 1.165) is 0 Å². The predicted molar refractivity (Wildman–Crippen MR) is 116 cm³/mol. The molecule has 1 aromatic carbocycles. The van der Waals surface area contributed by atoms with Crippen LogP contribution in [0.2, 0.25) is 0 Å². The molecule has 0 N–H and O–H groups in total. The fourth-order valence-corrected chi connectivity index (χ4v) is 5.65. The van der Waals surface area contributed by atoms with E-state index in [1.54, 1.807) is 63.4 Å². The van der Waals surface area contributed by atoms with Crippen molar-refractivity contribution in [1.82, 2.24) is 9.88 Å². The van der Waals surface area contributed by atoms with E-state index < -0.39 is 27.3 Å². The second-order valence-corrected chi connectivity index (χ2v) is 10.1. The second kappa shape index (κ2) is 10.1. The van der Waals surface area contributed by atoms with Gasteiger partial charge < -0.3 is 0 Å². The first-order chi connectivity index (χ1) is 15.2.